The third-order valence-electron chi connectivity index (χ3n) is 2.82. The minimum absolute atomic E-state index is 0.507. The molecule has 0 amide bonds. The lowest BCUT2D eigenvalue weighted by atomic mass is 10.0. The summed E-state index contributed by atoms with van der Waals surface area (Å²) in [5.41, 5.74) is 1.41. The van der Waals surface area contributed by atoms with Crippen LogP contribution in [0.4, 0.5) is 0 Å². The summed E-state index contributed by atoms with van der Waals surface area (Å²) in [6, 6.07) is 11.8. The number of rotatable bonds is 6. The lowest BCUT2D eigenvalue weighted by Gasteiger charge is -2.22. The van der Waals surface area contributed by atoms with Crippen molar-refractivity contribution in [3.8, 4) is 0 Å². The zero-order chi connectivity index (χ0) is 11.1. The van der Waals surface area contributed by atoms with Gasteiger partial charge in [0.15, 0.2) is 0 Å². The Bertz CT molecular complexity index is 255. The Morgan fingerprint density at radius 2 is 1.80 bits per heavy atom. The molecule has 0 aliphatic carbocycles. The molecule has 1 aromatic rings. The van der Waals surface area contributed by atoms with Crippen molar-refractivity contribution in [2.24, 2.45) is 0 Å². The van der Waals surface area contributed by atoms with Crippen LogP contribution >= 0.6 is 0 Å². The number of nitrogens with one attached hydrogen (secondary N) is 1. The molecule has 0 saturated heterocycles. The fraction of sp³-hybridized carbons (Fsp3) is 0.571. The topological polar surface area (TPSA) is 12.0 Å². The van der Waals surface area contributed by atoms with Crippen molar-refractivity contribution >= 4 is 0 Å². The predicted molar refractivity (Wildman–Crippen MR) is 67.0 cm³/mol. The van der Waals surface area contributed by atoms with Crippen LogP contribution in [0.5, 0.6) is 0 Å². The van der Waals surface area contributed by atoms with Crippen LogP contribution in [0.1, 0.15) is 51.6 Å². The third kappa shape index (κ3) is 4.05. The van der Waals surface area contributed by atoms with Crippen molar-refractivity contribution in [2.45, 2.75) is 52.1 Å². The second kappa shape index (κ2) is 6.62. The Morgan fingerprint density at radius 1 is 1.13 bits per heavy atom. The molecular formula is C14H23N. The van der Waals surface area contributed by atoms with Crippen molar-refractivity contribution in [1.29, 1.82) is 0 Å². The number of benzene rings is 1. The standard InChI is InChI=1S/C14H23N/c1-4-9-12(3)15-14(5-2)13-10-7-6-8-11-13/h6-8,10-12,14-15H,4-5,9H2,1-3H3. The second-order valence-electron chi connectivity index (χ2n) is 4.23. The van der Waals surface area contributed by atoms with E-state index in [1.165, 1.54) is 18.4 Å². The average Bonchev–Trinajstić information content (AvgIpc) is 2.27. The Kier molecular flexibility index (Phi) is 5.41. The summed E-state index contributed by atoms with van der Waals surface area (Å²) >= 11 is 0. The van der Waals surface area contributed by atoms with Crippen LogP contribution in [0.25, 0.3) is 0 Å². The fourth-order valence-corrected chi connectivity index (χ4v) is 1.99. The maximum atomic E-state index is 3.68. The van der Waals surface area contributed by atoms with Crippen LogP contribution in [-0.4, -0.2) is 6.04 Å². The van der Waals surface area contributed by atoms with Gasteiger partial charge in [-0.1, -0.05) is 50.6 Å². The van der Waals surface area contributed by atoms with Crippen molar-refractivity contribution in [2.75, 3.05) is 0 Å². The number of hydrogen-bond acceptors (Lipinski definition) is 1. The molecule has 1 aromatic carbocycles. The van der Waals surface area contributed by atoms with Crippen LogP contribution in [0, 0.1) is 0 Å². The second-order valence-corrected chi connectivity index (χ2v) is 4.23. The van der Waals surface area contributed by atoms with Gasteiger partial charge in [-0.05, 0) is 25.3 Å². The van der Waals surface area contributed by atoms with E-state index < -0.39 is 0 Å². The van der Waals surface area contributed by atoms with Gasteiger partial charge in [-0.25, -0.2) is 0 Å². The highest BCUT2D eigenvalue weighted by Crippen LogP contribution is 2.17. The van der Waals surface area contributed by atoms with Crippen LogP contribution in [0.3, 0.4) is 0 Å². The molecule has 0 aromatic heterocycles. The van der Waals surface area contributed by atoms with Gasteiger partial charge >= 0.3 is 0 Å². The van der Waals surface area contributed by atoms with Gasteiger partial charge in [0.05, 0.1) is 0 Å². The summed E-state index contributed by atoms with van der Waals surface area (Å²) in [6.45, 7) is 6.75. The summed E-state index contributed by atoms with van der Waals surface area (Å²) in [4.78, 5) is 0. The van der Waals surface area contributed by atoms with Gasteiger partial charge in [-0.2, -0.15) is 0 Å². The molecule has 0 heterocycles. The van der Waals surface area contributed by atoms with Crippen molar-refractivity contribution < 1.29 is 0 Å². The first-order valence-corrected chi connectivity index (χ1v) is 6.08. The van der Waals surface area contributed by atoms with Gasteiger partial charge in [0.1, 0.15) is 0 Å². The highest BCUT2D eigenvalue weighted by molar-refractivity contribution is 5.18. The lowest BCUT2D eigenvalue weighted by molar-refractivity contribution is 0.424. The smallest absolute Gasteiger partial charge is 0.0319 e. The van der Waals surface area contributed by atoms with Gasteiger partial charge in [-0.15, -0.1) is 0 Å². The van der Waals surface area contributed by atoms with E-state index in [0.717, 1.165) is 6.42 Å². The molecule has 1 rings (SSSR count). The van der Waals surface area contributed by atoms with E-state index in [2.05, 4.69) is 56.4 Å². The van der Waals surface area contributed by atoms with E-state index in [4.69, 9.17) is 0 Å². The predicted octanol–water partition coefficient (Wildman–Crippen LogP) is 3.92. The highest BCUT2D eigenvalue weighted by atomic mass is 14.9. The number of hydrogen-bond donors (Lipinski definition) is 1. The van der Waals surface area contributed by atoms with Gasteiger partial charge < -0.3 is 5.32 Å². The first-order valence-electron chi connectivity index (χ1n) is 6.08. The minimum Gasteiger partial charge on any atom is -0.307 e. The van der Waals surface area contributed by atoms with Crippen molar-refractivity contribution in [3.05, 3.63) is 35.9 Å². The molecule has 1 heteroatoms. The third-order valence-corrected chi connectivity index (χ3v) is 2.82. The fourth-order valence-electron chi connectivity index (χ4n) is 1.99. The zero-order valence-electron chi connectivity index (χ0n) is 10.2. The zero-order valence-corrected chi connectivity index (χ0v) is 10.2. The molecule has 0 fully saturated rings. The maximum Gasteiger partial charge on any atom is 0.0319 e. The SMILES string of the molecule is CCCC(C)NC(CC)c1ccccc1. The summed E-state index contributed by atoms with van der Waals surface area (Å²) in [5.74, 6) is 0. The summed E-state index contributed by atoms with van der Waals surface area (Å²) in [7, 11) is 0. The molecule has 15 heavy (non-hydrogen) atoms. The van der Waals surface area contributed by atoms with Crippen LogP contribution < -0.4 is 5.32 Å². The van der Waals surface area contributed by atoms with E-state index >= 15 is 0 Å². The highest BCUT2D eigenvalue weighted by Gasteiger charge is 2.10. The molecule has 0 spiro atoms. The van der Waals surface area contributed by atoms with E-state index in [-0.39, 0.29) is 0 Å². The average molecular weight is 205 g/mol. The quantitative estimate of drug-likeness (QED) is 0.742. The maximum absolute atomic E-state index is 3.68. The first-order chi connectivity index (χ1) is 7.27. The van der Waals surface area contributed by atoms with Crippen molar-refractivity contribution in [1.82, 2.24) is 5.32 Å². The van der Waals surface area contributed by atoms with Crippen LogP contribution in [0.15, 0.2) is 30.3 Å². The van der Waals surface area contributed by atoms with E-state index in [1.54, 1.807) is 0 Å². The molecular weight excluding hydrogens is 182 g/mol. The normalized spacial score (nSPS) is 14.9. The molecule has 0 saturated carbocycles. The lowest BCUT2D eigenvalue weighted by Crippen LogP contribution is -2.30. The summed E-state index contributed by atoms with van der Waals surface area (Å²) in [6.07, 6.45) is 3.65. The summed E-state index contributed by atoms with van der Waals surface area (Å²) < 4.78 is 0. The largest absolute Gasteiger partial charge is 0.307 e. The molecule has 1 nitrogen and oxygen atoms in total. The van der Waals surface area contributed by atoms with Crippen LogP contribution in [-0.2, 0) is 0 Å². The van der Waals surface area contributed by atoms with E-state index in [1.807, 2.05) is 0 Å². The van der Waals surface area contributed by atoms with E-state index in [0.29, 0.717) is 12.1 Å². The summed E-state index contributed by atoms with van der Waals surface area (Å²) in [5, 5.41) is 3.68. The molecule has 0 bridgehead atoms. The Morgan fingerprint density at radius 3 is 2.33 bits per heavy atom. The Balaban J connectivity index is 2.56. The van der Waals surface area contributed by atoms with Crippen molar-refractivity contribution in [3.63, 3.8) is 0 Å². The molecule has 0 aliphatic rings. The monoisotopic (exact) mass is 205 g/mol. The molecule has 2 atom stereocenters. The van der Waals surface area contributed by atoms with Gasteiger partial charge in [-0.3, -0.25) is 0 Å². The first kappa shape index (κ1) is 12.3. The Labute approximate surface area is 93.9 Å². The Hall–Kier alpha value is -0.820. The minimum atomic E-state index is 0.507. The van der Waals surface area contributed by atoms with Crippen LogP contribution in [0.2, 0.25) is 0 Å². The molecule has 0 aliphatic heterocycles. The molecule has 84 valence electrons. The molecule has 2 unspecified atom stereocenters. The van der Waals surface area contributed by atoms with Gasteiger partial charge in [0.2, 0.25) is 0 Å². The molecule has 0 radical (unpaired) electrons. The molecule has 1 N–H and O–H groups in total. The van der Waals surface area contributed by atoms with Gasteiger partial charge in [0.25, 0.3) is 0 Å². The van der Waals surface area contributed by atoms with Gasteiger partial charge in [0, 0.05) is 12.1 Å². The van der Waals surface area contributed by atoms with E-state index in [9.17, 15) is 0 Å².